The molecule has 1 aliphatic rings. The fourth-order valence-corrected chi connectivity index (χ4v) is 5.05. The number of nitrogens with zero attached hydrogens (tertiary/aromatic N) is 2. The lowest BCUT2D eigenvalue weighted by atomic mass is 10.1. The number of sulfonamides is 1. The van der Waals surface area contributed by atoms with E-state index >= 15 is 0 Å². The van der Waals surface area contributed by atoms with Crippen LogP contribution in [0.15, 0.2) is 62.6 Å². The first kappa shape index (κ1) is 19.9. The molecule has 29 heavy (non-hydrogen) atoms. The van der Waals surface area contributed by atoms with Gasteiger partial charge in [0.2, 0.25) is 10.0 Å². The standard InChI is InChI=1S/C21H25N3O4S/c1-15(17-6-4-3-5-7-17)24-11-10-16(14-24)13-22-29(26,27)18-8-9-19-20(12-18)28-21(25)23(19)2/h3-9,12,15-16,22H,10-11,13-14H2,1-2H3. The number of aryl methyl sites for hydroxylation is 1. The number of rotatable bonds is 6. The molecule has 2 aromatic carbocycles. The van der Waals surface area contributed by atoms with Crippen molar-refractivity contribution in [1.82, 2.24) is 14.2 Å². The molecule has 2 atom stereocenters. The fraction of sp³-hybridized carbons (Fsp3) is 0.381. The molecule has 1 saturated heterocycles. The number of nitrogens with one attached hydrogen (secondary N) is 1. The Kier molecular flexibility index (Phi) is 5.33. The number of benzene rings is 2. The molecule has 1 fully saturated rings. The SMILES string of the molecule is CC(c1ccccc1)N1CCC(CNS(=O)(=O)c2ccc3c(c2)oc(=O)n3C)C1. The van der Waals surface area contributed by atoms with Gasteiger partial charge in [-0.25, -0.2) is 17.9 Å². The van der Waals surface area contributed by atoms with Gasteiger partial charge in [-0.05, 0) is 43.5 Å². The molecule has 1 aromatic heterocycles. The Morgan fingerprint density at radius 1 is 1.21 bits per heavy atom. The highest BCUT2D eigenvalue weighted by molar-refractivity contribution is 7.89. The number of hydrogen-bond acceptors (Lipinski definition) is 5. The van der Waals surface area contributed by atoms with Crippen molar-refractivity contribution >= 4 is 21.1 Å². The second-order valence-electron chi connectivity index (χ2n) is 7.64. The highest BCUT2D eigenvalue weighted by Gasteiger charge is 2.28. The van der Waals surface area contributed by atoms with Gasteiger partial charge in [-0.3, -0.25) is 9.47 Å². The number of hydrogen-bond donors (Lipinski definition) is 1. The van der Waals surface area contributed by atoms with Gasteiger partial charge in [0, 0.05) is 32.2 Å². The molecule has 0 amide bonds. The molecule has 2 heterocycles. The van der Waals surface area contributed by atoms with Crippen molar-refractivity contribution in [3.8, 4) is 0 Å². The molecule has 7 nitrogen and oxygen atoms in total. The summed E-state index contributed by atoms with van der Waals surface area (Å²) in [7, 11) is -2.09. The predicted molar refractivity (Wildman–Crippen MR) is 111 cm³/mol. The van der Waals surface area contributed by atoms with Gasteiger partial charge in [0.25, 0.3) is 0 Å². The molecular formula is C21H25N3O4S. The monoisotopic (exact) mass is 415 g/mol. The molecule has 0 spiro atoms. The van der Waals surface area contributed by atoms with Crippen LogP contribution >= 0.6 is 0 Å². The van der Waals surface area contributed by atoms with Gasteiger partial charge >= 0.3 is 5.76 Å². The molecule has 2 unspecified atom stereocenters. The summed E-state index contributed by atoms with van der Waals surface area (Å²) in [4.78, 5) is 14.1. The van der Waals surface area contributed by atoms with Crippen molar-refractivity contribution in [2.24, 2.45) is 13.0 Å². The number of likely N-dealkylation sites (tertiary alicyclic amines) is 1. The number of oxazole rings is 1. The first-order valence-corrected chi connectivity index (χ1v) is 11.2. The van der Waals surface area contributed by atoms with Gasteiger partial charge in [0.15, 0.2) is 5.58 Å². The van der Waals surface area contributed by atoms with Crippen molar-refractivity contribution in [3.05, 3.63) is 64.6 Å². The van der Waals surface area contributed by atoms with Crippen molar-refractivity contribution in [2.45, 2.75) is 24.3 Å². The largest absolute Gasteiger partial charge is 0.419 e. The third-order valence-electron chi connectivity index (χ3n) is 5.78. The van der Waals surface area contributed by atoms with Gasteiger partial charge in [0.1, 0.15) is 0 Å². The molecule has 0 aliphatic carbocycles. The summed E-state index contributed by atoms with van der Waals surface area (Å²) in [5, 5.41) is 0. The molecular weight excluding hydrogens is 390 g/mol. The fourth-order valence-electron chi connectivity index (χ4n) is 3.92. The minimum Gasteiger partial charge on any atom is -0.408 e. The Labute approximate surface area is 170 Å². The van der Waals surface area contributed by atoms with Crippen LogP contribution in [0.2, 0.25) is 0 Å². The lowest BCUT2D eigenvalue weighted by Gasteiger charge is -2.24. The number of fused-ring (bicyclic) bond motifs is 1. The Morgan fingerprint density at radius 3 is 2.72 bits per heavy atom. The summed E-state index contributed by atoms with van der Waals surface area (Å²) in [6, 6.07) is 15.1. The zero-order valence-corrected chi connectivity index (χ0v) is 17.4. The normalized spacial score (nSPS) is 19.0. The Bertz CT molecular complexity index is 1170. The second-order valence-corrected chi connectivity index (χ2v) is 9.41. The van der Waals surface area contributed by atoms with E-state index < -0.39 is 15.8 Å². The summed E-state index contributed by atoms with van der Waals surface area (Å²) in [6.07, 6.45) is 0.951. The van der Waals surface area contributed by atoms with E-state index in [9.17, 15) is 13.2 Å². The summed E-state index contributed by atoms with van der Waals surface area (Å²) >= 11 is 0. The molecule has 0 bridgehead atoms. The van der Waals surface area contributed by atoms with Crippen LogP contribution in [0, 0.1) is 5.92 Å². The average molecular weight is 416 g/mol. The van der Waals surface area contributed by atoms with Gasteiger partial charge in [-0.2, -0.15) is 0 Å². The lowest BCUT2D eigenvalue weighted by Crippen LogP contribution is -2.31. The van der Waals surface area contributed by atoms with Gasteiger partial charge in [-0.15, -0.1) is 0 Å². The van der Waals surface area contributed by atoms with E-state index in [2.05, 4.69) is 28.7 Å². The zero-order chi connectivity index (χ0) is 20.6. The summed E-state index contributed by atoms with van der Waals surface area (Å²) in [5.74, 6) is -0.254. The average Bonchev–Trinajstić information content (AvgIpc) is 3.31. The summed E-state index contributed by atoms with van der Waals surface area (Å²) in [5.41, 5.74) is 2.10. The Morgan fingerprint density at radius 2 is 1.97 bits per heavy atom. The first-order chi connectivity index (χ1) is 13.8. The van der Waals surface area contributed by atoms with Crippen molar-refractivity contribution in [1.29, 1.82) is 0 Å². The molecule has 1 aliphatic heterocycles. The summed E-state index contributed by atoms with van der Waals surface area (Å²) < 4.78 is 34.6. The molecule has 8 heteroatoms. The molecule has 0 radical (unpaired) electrons. The van der Waals surface area contributed by atoms with Gasteiger partial charge in [-0.1, -0.05) is 30.3 Å². The van der Waals surface area contributed by atoms with E-state index in [1.54, 1.807) is 13.1 Å². The minimum absolute atomic E-state index is 0.104. The van der Waals surface area contributed by atoms with Gasteiger partial charge < -0.3 is 4.42 Å². The van der Waals surface area contributed by atoms with Crippen LogP contribution in [-0.2, 0) is 17.1 Å². The molecule has 0 saturated carbocycles. The van der Waals surface area contributed by atoms with E-state index in [0.717, 1.165) is 19.5 Å². The third kappa shape index (κ3) is 4.01. The van der Waals surface area contributed by atoms with Crippen LogP contribution in [0.3, 0.4) is 0 Å². The van der Waals surface area contributed by atoms with E-state index in [1.807, 2.05) is 18.2 Å². The van der Waals surface area contributed by atoms with Crippen LogP contribution in [0.1, 0.15) is 24.9 Å². The van der Waals surface area contributed by atoms with E-state index in [0.29, 0.717) is 18.1 Å². The molecule has 4 rings (SSSR count). The lowest BCUT2D eigenvalue weighted by molar-refractivity contribution is 0.253. The van der Waals surface area contributed by atoms with E-state index in [1.165, 1.54) is 22.3 Å². The van der Waals surface area contributed by atoms with Crippen LogP contribution < -0.4 is 10.5 Å². The van der Waals surface area contributed by atoms with Crippen molar-refractivity contribution in [3.63, 3.8) is 0 Å². The predicted octanol–water partition coefficient (Wildman–Crippen LogP) is 2.49. The van der Waals surface area contributed by atoms with E-state index in [4.69, 9.17) is 4.42 Å². The summed E-state index contributed by atoms with van der Waals surface area (Å²) in [6.45, 7) is 4.37. The van der Waals surface area contributed by atoms with Crippen LogP contribution in [0.4, 0.5) is 0 Å². The molecule has 154 valence electrons. The van der Waals surface area contributed by atoms with Crippen LogP contribution in [-0.4, -0.2) is 37.5 Å². The quantitative estimate of drug-likeness (QED) is 0.669. The second kappa shape index (κ2) is 7.78. The highest BCUT2D eigenvalue weighted by atomic mass is 32.2. The maximum atomic E-state index is 12.7. The highest BCUT2D eigenvalue weighted by Crippen LogP contribution is 2.27. The Balaban J connectivity index is 1.40. The van der Waals surface area contributed by atoms with Gasteiger partial charge in [0.05, 0.1) is 10.4 Å². The number of aromatic nitrogens is 1. The maximum Gasteiger partial charge on any atom is 0.419 e. The maximum absolute atomic E-state index is 12.7. The molecule has 3 aromatic rings. The molecule has 1 N–H and O–H groups in total. The minimum atomic E-state index is -3.67. The van der Waals surface area contributed by atoms with Crippen molar-refractivity contribution < 1.29 is 12.8 Å². The van der Waals surface area contributed by atoms with Crippen LogP contribution in [0.25, 0.3) is 11.1 Å². The van der Waals surface area contributed by atoms with Crippen LogP contribution in [0.5, 0.6) is 0 Å². The van der Waals surface area contributed by atoms with E-state index in [-0.39, 0.29) is 16.4 Å². The Hall–Kier alpha value is -2.42. The third-order valence-corrected chi connectivity index (χ3v) is 7.20. The van der Waals surface area contributed by atoms with Crippen molar-refractivity contribution in [2.75, 3.05) is 19.6 Å². The first-order valence-electron chi connectivity index (χ1n) is 9.73. The zero-order valence-electron chi connectivity index (χ0n) is 16.5. The smallest absolute Gasteiger partial charge is 0.408 e. The topological polar surface area (TPSA) is 84.6 Å².